The smallest absolute Gasteiger partial charge is 0.0458 e. The van der Waals surface area contributed by atoms with Crippen molar-refractivity contribution in [1.82, 2.24) is 4.98 Å². The van der Waals surface area contributed by atoms with Crippen molar-refractivity contribution < 1.29 is 0 Å². The van der Waals surface area contributed by atoms with Crippen LogP contribution in [0.4, 0.5) is 5.69 Å². The lowest BCUT2D eigenvalue weighted by Gasteiger charge is -2.12. The van der Waals surface area contributed by atoms with Crippen LogP contribution in [-0.2, 0) is 6.42 Å². The predicted octanol–water partition coefficient (Wildman–Crippen LogP) is 3.22. The molecule has 0 saturated carbocycles. The normalized spacial score (nSPS) is 10.1. The van der Waals surface area contributed by atoms with Crippen molar-refractivity contribution in [3.05, 3.63) is 30.0 Å². The Labute approximate surface area is 96.7 Å². The van der Waals surface area contributed by atoms with Gasteiger partial charge >= 0.3 is 0 Å². The molecule has 1 N–H and O–H groups in total. The minimum atomic E-state index is 0. The van der Waals surface area contributed by atoms with Gasteiger partial charge in [0.15, 0.2) is 0 Å². The molecular formula is C12H17ClN2. The third-order valence-corrected chi connectivity index (χ3v) is 2.65. The highest BCUT2D eigenvalue weighted by molar-refractivity contribution is 5.86. The number of nitrogens with one attached hydrogen (secondary N) is 1. The van der Waals surface area contributed by atoms with E-state index in [4.69, 9.17) is 0 Å². The van der Waals surface area contributed by atoms with Gasteiger partial charge in [-0.15, -0.1) is 12.4 Å². The molecule has 2 rings (SSSR count). The first kappa shape index (κ1) is 11.9. The van der Waals surface area contributed by atoms with Crippen LogP contribution in [-0.4, -0.2) is 19.1 Å². The van der Waals surface area contributed by atoms with Crippen molar-refractivity contribution in [2.24, 2.45) is 0 Å². The van der Waals surface area contributed by atoms with E-state index in [1.165, 1.54) is 22.2 Å². The lowest BCUT2D eigenvalue weighted by molar-refractivity contribution is 1.13. The van der Waals surface area contributed by atoms with E-state index in [0.717, 1.165) is 6.42 Å². The number of hydrogen-bond donors (Lipinski definition) is 1. The molecule has 1 aromatic carbocycles. The van der Waals surface area contributed by atoms with Gasteiger partial charge in [0.25, 0.3) is 0 Å². The maximum Gasteiger partial charge on any atom is 0.0458 e. The second-order valence-corrected chi connectivity index (χ2v) is 3.79. The summed E-state index contributed by atoms with van der Waals surface area (Å²) in [6.07, 6.45) is 3.18. The number of nitrogens with zero attached hydrogens (tertiary/aromatic N) is 1. The van der Waals surface area contributed by atoms with Gasteiger partial charge in [-0.05, 0) is 30.2 Å². The molecule has 0 amide bonds. The standard InChI is InChI=1S/C12H16N2.ClH/c1-4-9-8-13-12-6-5-10(14(2)3)7-11(9)12;/h5-8,13H,4H2,1-3H3;1H. The molecule has 82 valence electrons. The first-order valence-electron chi connectivity index (χ1n) is 4.99. The van der Waals surface area contributed by atoms with Gasteiger partial charge in [-0.1, -0.05) is 6.92 Å². The Kier molecular flexibility index (Phi) is 3.64. The number of rotatable bonds is 2. The summed E-state index contributed by atoms with van der Waals surface area (Å²) in [4.78, 5) is 5.42. The van der Waals surface area contributed by atoms with Crippen LogP contribution in [0.3, 0.4) is 0 Å². The lowest BCUT2D eigenvalue weighted by Crippen LogP contribution is -2.07. The van der Waals surface area contributed by atoms with Crippen molar-refractivity contribution in [2.45, 2.75) is 13.3 Å². The van der Waals surface area contributed by atoms with Gasteiger partial charge < -0.3 is 9.88 Å². The van der Waals surface area contributed by atoms with Crippen LogP contribution in [0, 0.1) is 0 Å². The Morgan fingerprint density at radius 1 is 1.27 bits per heavy atom. The molecule has 1 aromatic heterocycles. The summed E-state index contributed by atoms with van der Waals surface area (Å²) in [5, 5.41) is 1.35. The number of H-pyrrole nitrogens is 1. The number of halogens is 1. The highest BCUT2D eigenvalue weighted by atomic mass is 35.5. The summed E-state index contributed by atoms with van der Waals surface area (Å²) < 4.78 is 0. The summed E-state index contributed by atoms with van der Waals surface area (Å²) in [7, 11) is 4.14. The molecule has 0 unspecified atom stereocenters. The van der Waals surface area contributed by atoms with Crippen LogP contribution in [0.1, 0.15) is 12.5 Å². The largest absolute Gasteiger partial charge is 0.378 e. The van der Waals surface area contributed by atoms with Crippen LogP contribution in [0.25, 0.3) is 10.9 Å². The van der Waals surface area contributed by atoms with E-state index in [9.17, 15) is 0 Å². The molecule has 1 heterocycles. The monoisotopic (exact) mass is 224 g/mol. The Bertz CT molecular complexity index is 446. The highest BCUT2D eigenvalue weighted by Crippen LogP contribution is 2.23. The topological polar surface area (TPSA) is 19.0 Å². The third-order valence-electron chi connectivity index (χ3n) is 2.65. The zero-order chi connectivity index (χ0) is 10.1. The first-order chi connectivity index (χ1) is 6.72. The summed E-state index contributed by atoms with van der Waals surface area (Å²) in [5.74, 6) is 0. The van der Waals surface area contributed by atoms with Crippen LogP contribution in [0.2, 0.25) is 0 Å². The molecule has 0 spiro atoms. The predicted molar refractivity (Wildman–Crippen MR) is 69.3 cm³/mol. The van der Waals surface area contributed by atoms with Crippen LogP contribution in [0.15, 0.2) is 24.4 Å². The van der Waals surface area contributed by atoms with E-state index in [1.807, 2.05) is 0 Å². The van der Waals surface area contributed by atoms with Crippen molar-refractivity contribution in [3.63, 3.8) is 0 Å². The zero-order valence-electron chi connectivity index (χ0n) is 9.37. The van der Waals surface area contributed by atoms with Gasteiger partial charge in [-0.3, -0.25) is 0 Å². The van der Waals surface area contributed by atoms with Gasteiger partial charge in [0, 0.05) is 36.9 Å². The Hall–Kier alpha value is -1.15. The SMILES string of the molecule is CCc1c[nH]c2ccc(N(C)C)cc12.Cl. The summed E-state index contributed by atoms with van der Waals surface area (Å²) in [6.45, 7) is 2.19. The van der Waals surface area contributed by atoms with Crippen molar-refractivity contribution in [2.75, 3.05) is 19.0 Å². The number of hydrogen-bond acceptors (Lipinski definition) is 1. The third kappa shape index (κ3) is 2.10. The minimum Gasteiger partial charge on any atom is -0.378 e. The molecule has 0 saturated heterocycles. The summed E-state index contributed by atoms with van der Waals surface area (Å²) in [6, 6.07) is 6.52. The fourth-order valence-electron chi connectivity index (χ4n) is 1.74. The molecule has 0 fully saturated rings. The lowest BCUT2D eigenvalue weighted by atomic mass is 10.1. The second-order valence-electron chi connectivity index (χ2n) is 3.79. The minimum absolute atomic E-state index is 0. The van der Waals surface area contributed by atoms with Gasteiger partial charge in [0.2, 0.25) is 0 Å². The molecule has 0 atom stereocenters. The molecule has 0 radical (unpaired) electrons. The average Bonchev–Trinajstić information content (AvgIpc) is 2.59. The van der Waals surface area contributed by atoms with E-state index in [-0.39, 0.29) is 12.4 Å². The number of aromatic amines is 1. The maximum atomic E-state index is 3.29. The van der Waals surface area contributed by atoms with Gasteiger partial charge in [0.05, 0.1) is 0 Å². The van der Waals surface area contributed by atoms with E-state index < -0.39 is 0 Å². The molecule has 0 aliphatic rings. The fourth-order valence-corrected chi connectivity index (χ4v) is 1.74. The molecule has 2 aromatic rings. The molecular weight excluding hydrogens is 208 g/mol. The maximum absolute atomic E-state index is 3.29. The number of fused-ring (bicyclic) bond motifs is 1. The number of aromatic nitrogens is 1. The van der Waals surface area contributed by atoms with E-state index in [1.54, 1.807) is 0 Å². The Morgan fingerprint density at radius 2 is 2.00 bits per heavy atom. The average molecular weight is 225 g/mol. The molecule has 3 heteroatoms. The summed E-state index contributed by atoms with van der Waals surface area (Å²) >= 11 is 0. The van der Waals surface area contributed by atoms with Gasteiger partial charge in [0.1, 0.15) is 0 Å². The number of anilines is 1. The molecule has 2 nitrogen and oxygen atoms in total. The zero-order valence-corrected chi connectivity index (χ0v) is 10.2. The summed E-state index contributed by atoms with van der Waals surface area (Å²) in [5.41, 5.74) is 3.88. The number of benzene rings is 1. The second kappa shape index (κ2) is 4.58. The fraction of sp³-hybridized carbons (Fsp3) is 0.333. The van der Waals surface area contributed by atoms with E-state index >= 15 is 0 Å². The first-order valence-corrected chi connectivity index (χ1v) is 4.99. The van der Waals surface area contributed by atoms with Gasteiger partial charge in [-0.25, -0.2) is 0 Å². The van der Waals surface area contributed by atoms with Crippen LogP contribution < -0.4 is 4.90 Å². The van der Waals surface area contributed by atoms with Crippen LogP contribution in [0.5, 0.6) is 0 Å². The van der Waals surface area contributed by atoms with E-state index in [0.29, 0.717) is 0 Å². The Balaban J connectivity index is 0.00000112. The van der Waals surface area contributed by atoms with Gasteiger partial charge in [-0.2, -0.15) is 0 Å². The Morgan fingerprint density at radius 3 is 2.60 bits per heavy atom. The quantitative estimate of drug-likeness (QED) is 0.830. The van der Waals surface area contributed by atoms with Crippen LogP contribution >= 0.6 is 12.4 Å². The number of aryl methyl sites for hydroxylation is 1. The van der Waals surface area contributed by atoms with Crippen molar-refractivity contribution >= 4 is 29.0 Å². The molecule has 15 heavy (non-hydrogen) atoms. The van der Waals surface area contributed by atoms with Crippen molar-refractivity contribution in [1.29, 1.82) is 0 Å². The molecule has 0 aliphatic carbocycles. The van der Waals surface area contributed by atoms with Crippen molar-refractivity contribution in [3.8, 4) is 0 Å². The molecule has 0 bridgehead atoms. The highest BCUT2D eigenvalue weighted by Gasteiger charge is 2.03. The van der Waals surface area contributed by atoms with E-state index in [2.05, 4.69) is 55.3 Å². The molecule has 0 aliphatic heterocycles.